The van der Waals surface area contributed by atoms with Gasteiger partial charge in [-0.3, -0.25) is 4.57 Å². The fourth-order valence-corrected chi connectivity index (χ4v) is 2.87. The molecule has 0 aliphatic carbocycles. The lowest BCUT2D eigenvalue weighted by molar-refractivity contribution is -0.161. The van der Waals surface area contributed by atoms with Crippen molar-refractivity contribution in [3.63, 3.8) is 0 Å². The normalized spacial score (nSPS) is 18.2. The summed E-state index contributed by atoms with van der Waals surface area (Å²) in [6.07, 6.45) is 5.29. The molecule has 1 N–H and O–H groups in total. The molecule has 1 aromatic carbocycles. The minimum Gasteiger partial charge on any atom is -0.353 e. The lowest BCUT2D eigenvalue weighted by atomic mass is 10.2. The topological polar surface area (TPSA) is 48.3 Å². The van der Waals surface area contributed by atoms with Gasteiger partial charge in [-0.25, -0.2) is 4.98 Å². The van der Waals surface area contributed by atoms with Crippen molar-refractivity contribution in [2.75, 3.05) is 19.8 Å². The number of rotatable bonds is 7. The van der Waals surface area contributed by atoms with Crippen LogP contribution in [0.5, 0.6) is 0 Å². The summed E-state index contributed by atoms with van der Waals surface area (Å²) >= 11 is 0. The standard InChI is InChI=1S/C18H25N3O2/c1-15-20-14-17(21(15)16-7-3-2-4-8-16)13-19-10-12-23-18-9-5-6-11-22-18/h2-4,7-8,14,18-19H,5-6,9-13H2,1H3. The lowest BCUT2D eigenvalue weighted by Crippen LogP contribution is -2.27. The van der Waals surface area contributed by atoms with Gasteiger partial charge in [0.25, 0.3) is 0 Å². The van der Waals surface area contributed by atoms with Gasteiger partial charge in [-0.15, -0.1) is 0 Å². The highest BCUT2D eigenvalue weighted by Crippen LogP contribution is 2.15. The number of nitrogens with zero attached hydrogens (tertiary/aromatic N) is 2. The van der Waals surface area contributed by atoms with Gasteiger partial charge in [-0.1, -0.05) is 18.2 Å². The van der Waals surface area contributed by atoms with E-state index in [-0.39, 0.29) is 6.29 Å². The van der Waals surface area contributed by atoms with Crippen LogP contribution in [0.2, 0.25) is 0 Å². The molecule has 0 bridgehead atoms. The van der Waals surface area contributed by atoms with Gasteiger partial charge in [0.05, 0.1) is 18.5 Å². The predicted octanol–water partition coefficient (Wildman–Crippen LogP) is 2.81. The number of para-hydroxylation sites is 1. The van der Waals surface area contributed by atoms with Crippen LogP contribution in [0.25, 0.3) is 5.69 Å². The number of nitrogens with one attached hydrogen (secondary N) is 1. The maximum atomic E-state index is 5.73. The summed E-state index contributed by atoms with van der Waals surface area (Å²) in [7, 11) is 0. The number of hydrogen-bond acceptors (Lipinski definition) is 4. The number of aryl methyl sites for hydroxylation is 1. The highest BCUT2D eigenvalue weighted by Gasteiger charge is 2.13. The number of aromatic nitrogens is 2. The highest BCUT2D eigenvalue weighted by molar-refractivity contribution is 5.35. The molecule has 0 amide bonds. The van der Waals surface area contributed by atoms with Crippen LogP contribution in [-0.2, 0) is 16.0 Å². The Labute approximate surface area is 137 Å². The van der Waals surface area contributed by atoms with E-state index in [1.54, 1.807) is 0 Å². The van der Waals surface area contributed by atoms with Gasteiger partial charge in [-0.2, -0.15) is 0 Å². The van der Waals surface area contributed by atoms with E-state index in [1.165, 1.54) is 6.42 Å². The van der Waals surface area contributed by atoms with E-state index >= 15 is 0 Å². The molecular formula is C18H25N3O2. The average molecular weight is 315 g/mol. The Kier molecular flexibility index (Phi) is 5.80. The Balaban J connectivity index is 1.47. The summed E-state index contributed by atoms with van der Waals surface area (Å²) in [5.41, 5.74) is 2.30. The molecule has 0 spiro atoms. The third-order valence-corrected chi connectivity index (χ3v) is 4.05. The van der Waals surface area contributed by atoms with Crippen molar-refractivity contribution < 1.29 is 9.47 Å². The van der Waals surface area contributed by atoms with E-state index < -0.39 is 0 Å². The Morgan fingerprint density at radius 1 is 1.30 bits per heavy atom. The van der Waals surface area contributed by atoms with Crippen LogP contribution in [0.4, 0.5) is 0 Å². The van der Waals surface area contributed by atoms with Gasteiger partial charge in [0.1, 0.15) is 5.82 Å². The first-order chi connectivity index (χ1) is 11.3. The third-order valence-electron chi connectivity index (χ3n) is 4.05. The predicted molar refractivity (Wildman–Crippen MR) is 89.6 cm³/mol. The average Bonchev–Trinajstić information content (AvgIpc) is 2.97. The monoisotopic (exact) mass is 315 g/mol. The molecule has 5 heteroatoms. The summed E-state index contributed by atoms with van der Waals surface area (Å²) in [5.74, 6) is 1.000. The molecule has 2 heterocycles. The van der Waals surface area contributed by atoms with E-state index in [2.05, 4.69) is 27.0 Å². The van der Waals surface area contributed by atoms with E-state index in [0.29, 0.717) is 6.61 Å². The third kappa shape index (κ3) is 4.41. The van der Waals surface area contributed by atoms with Crippen molar-refractivity contribution in [1.82, 2.24) is 14.9 Å². The van der Waals surface area contributed by atoms with E-state index in [1.807, 2.05) is 31.3 Å². The molecule has 124 valence electrons. The Morgan fingerprint density at radius 3 is 2.96 bits per heavy atom. The molecule has 1 aliphatic rings. The molecule has 3 rings (SSSR count). The fraction of sp³-hybridized carbons (Fsp3) is 0.500. The quantitative estimate of drug-likeness (QED) is 0.798. The van der Waals surface area contributed by atoms with Gasteiger partial charge in [0.15, 0.2) is 6.29 Å². The molecule has 1 fully saturated rings. The van der Waals surface area contributed by atoms with E-state index in [0.717, 1.165) is 49.7 Å². The summed E-state index contributed by atoms with van der Waals surface area (Å²) in [6, 6.07) is 10.3. The zero-order valence-electron chi connectivity index (χ0n) is 13.7. The molecule has 1 atom stereocenters. The van der Waals surface area contributed by atoms with Crippen LogP contribution in [-0.4, -0.2) is 35.6 Å². The van der Waals surface area contributed by atoms with E-state index in [4.69, 9.17) is 9.47 Å². The Hall–Kier alpha value is -1.69. The molecule has 1 unspecified atom stereocenters. The van der Waals surface area contributed by atoms with Crippen molar-refractivity contribution in [3.05, 3.63) is 48.0 Å². The molecule has 0 radical (unpaired) electrons. The zero-order valence-corrected chi connectivity index (χ0v) is 13.7. The van der Waals surface area contributed by atoms with Crippen LogP contribution < -0.4 is 5.32 Å². The van der Waals surface area contributed by atoms with Crippen LogP contribution in [0, 0.1) is 6.92 Å². The molecule has 2 aromatic rings. The maximum absolute atomic E-state index is 5.73. The molecular weight excluding hydrogens is 290 g/mol. The van der Waals surface area contributed by atoms with Gasteiger partial charge < -0.3 is 14.8 Å². The summed E-state index contributed by atoms with van der Waals surface area (Å²) < 4.78 is 13.5. The van der Waals surface area contributed by atoms with Crippen LogP contribution in [0.3, 0.4) is 0 Å². The molecule has 0 saturated carbocycles. The first kappa shape index (κ1) is 16.2. The van der Waals surface area contributed by atoms with Gasteiger partial charge in [-0.05, 0) is 38.3 Å². The molecule has 1 aliphatic heterocycles. The smallest absolute Gasteiger partial charge is 0.157 e. The highest BCUT2D eigenvalue weighted by atomic mass is 16.7. The zero-order chi connectivity index (χ0) is 15.9. The minimum absolute atomic E-state index is 0.0114. The number of benzene rings is 1. The number of ether oxygens (including phenoxy) is 2. The minimum atomic E-state index is -0.0114. The van der Waals surface area contributed by atoms with Crippen molar-refractivity contribution in [2.45, 2.75) is 39.0 Å². The van der Waals surface area contributed by atoms with Gasteiger partial charge in [0, 0.05) is 25.4 Å². The molecule has 1 saturated heterocycles. The molecule has 23 heavy (non-hydrogen) atoms. The van der Waals surface area contributed by atoms with Gasteiger partial charge in [0.2, 0.25) is 0 Å². The van der Waals surface area contributed by atoms with Crippen molar-refractivity contribution in [2.24, 2.45) is 0 Å². The lowest BCUT2D eigenvalue weighted by Gasteiger charge is -2.22. The Bertz CT molecular complexity index is 592. The second-order valence-corrected chi connectivity index (χ2v) is 5.81. The summed E-state index contributed by atoms with van der Waals surface area (Å²) in [4.78, 5) is 4.44. The van der Waals surface area contributed by atoms with Crippen molar-refractivity contribution in [3.8, 4) is 5.69 Å². The van der Waals surface area contributed by atoms with Gasteiger partial charge >= 0.3 is 0 Å². The molecule has 1 aromatic heterocycles. The van der Waals surface area contributed by atoms with Crippen molar-refractivity contribution >= 4 is 0 Å². The van der Waals surface area contributed by atoms with Crippen LogP contribution in [0.1, 0.15) is 30.8 Å². The summed E-state index contributed by atoms with van der Waals surface area (Å²) in [5, 5.41) is 3.42. The number of imidazole rings is 1. The summed E-state index contributed by atoms with van der Waals surface area (Å²) in [6.45, 7) is 5.10. The fourth-order valence-electron chi connectivity index (χ4n) is 2.87. The first-order valence-electron chi connectivity index (χ1n) is 8.37. The second-order valence-electron chi connectivity index (χ2n) is 5.81. The first-order valence-corrected chi connectivity index (χ1v) is 8.37. The largest absolute Gasteiger partial charge is 0.353 e. The second kappa shape index (κ2) is 8.24. The Morgan fingerprint density at radius 2 is 2.17 bits per heavy atom. The maximum Gasteiger partial charge on any atom is 0.157 e. The van der Waals surface area contributed by atoms with Crippen LogP contribution >= 0.6 is 0 Å². The number of hydrogen-bond donors (Lipinski definition) is 1. The SMILES string of the molecule is Cc1ncc(CNCCOC2CCCCO2)n1-c1ccccc1. The molecule has 5 nitrogen and oxygen atoms in total. The van der Waals surface area contributed by atoms with E-state index in [9.17, 15) is 0 Å². The van der Waals surface area contributed by atoms with Crippen molar-refractivity contribution in [1.29, 1.82) is 0 Å². The van der Waals surface area contributed by atoms with Crippen LogP contribution in [0.15, 0.2) is 36.5 Å².